The molecule has 0 saturated carbocycles. The Hall–Kier alpha value is -1.98. The Balaban J connectivity index is 2.81. The van der Waals surface area contributed by atoms with Crippen LogP contribution < -0.4 is 10.1 Å². The summed E-state index contributed by atoms with van der Waals surface area (Å²) in [6.45, 7) is -1.85. The number of ether oxygens (including phenoxy) is 1. The van der Waals surface area contributed by atoms with Crippen LogP contribution in [-0.4, -0.2) is 24.8 Å². The van der Waals surface area contributed by atoms with Crippen LogP contribution in [0.1, 0.15) is 17.3 Å². The van der Waals surface area contributed by atoms with E-state index in [2.05, 4.69) is 10.1 Å². The minimum absolute atomic E-state index is 0.0333. The number of carbonyl (C=O) groups excluding carboxylic acids is 2. The summed E-state index contributed by atoms with van der Waals surface area (Å²) < 4.78 is 28.3. The van der Waals surface area contributed by atoms with E-state index in [0.717, 1.165) is 0 Å². The van der Waals surface area contributed by atoms with Crippen molar-refractivity contribution in [2.24, 2.45) is 0 Å². The number of hydrogen-bond donors (Lipinski definition) is 1. The molecular formula is C11H11F2NO3. The smallest absolute Gasteiger partial charge is 0.387 e. The van der Waals surface area contributed by atoms with E-state index < -0.39 is 12.5 Å². The molecule has 0 saturated heterocycles. The highest BCUT2D eigenvalue weighted by atomic mass is 19.3. The zero-order chi connectivity index (χ0) is 12.8. The number of para-hydroxylation sites is 1. The number of rotatable bonds is 5. The number of nitrogens with one attached hydrogen (secondary N) is 1. The van der Waals surface area contributed by atoms with Gasteiger partial charge in [-0.3, -0.25) is 9.59 Å². The van der Waals surface area contributed by atoms with Gasteiger partial charge in [0.2, 0.25) is 0 Å². The molecule has 1 N–H and O–H groups in total. The van der Waals surface area contributed by atoms with Gasteiger partial charge in [-0.15, -0.1) is 0 Å². The van der Waals surface area contributed by atoms with E-state index in [4.69, 9.17) is 0 Å². The molecule has 1 amide bonds. The average molecular weight is 243 g/mol. The molecule has 0 heterocycles. The fraction of sp³-hybridized carbons (Fsp3) is 0.273. The summed E-state index contributed by atoms with van der Waals surface area (Å²) in [5.41, 5.74) is -0.0333. The maximum atomic E-state index is 12.1. The molecule has 1 rings (SSSR count). The first-order chi connectivity index (χ1) is 8.00. The van der Waals surface area contributed by atoms with E-state index in [1.165, 1.54) is 31.2 Å². The fourth-order valence-corrected chi connectivity index (χ4v) is 1.15. The number of carbonyl (C=O) groups is 2. The molecule has 0 aromatic heterocycles. The predicted octanol–water partition coefficient (Wildman–Crippen LogP) is 1.61. The van der Waals surface area contributed by atoms with Gasteiger partial charge in [-0.25, -0.2) is 0 Å². The third kappa shape index (κ3) is 4.18. The second kappa shape index (κ2) is 5.93. The first kappa shape index (κ1) is 13.1. The molecule has 0 radical (unpaired) electrons. The van der Waals surface area contributed by atoms with Crippen LogP contribution in [0.15, 0.2) is 24.3 Å². The maximum Gasteiger partial charge on any atom is 0.387 e. The topological polar surface area (TPSA) is 55.4 Å². The molecule has 1 aromatic carbocycles. The Morgan fingerprint density at radius 2 is 2.00 bits per heavy atom. The van der Waals surface area contributed by atoms with Crippen LogP contribution in [-0.2, 0) is 4.79 Å². The number of amides is 1. The van der Waals surface area contributed by atoms with Gasteiger partial charge in [0.15, 0.2) is 0 Å². The van der Waals surface area contributed by atoms with E-state index in [1.54, 1.807) is 0 Å². The maximum absolute atomic E-state index is 12.1. The van der Waals surface area contributed by atoms with Crippen LogP contribution in [0.2, 0.25) is 0 Å². The highest BCUT2D eigenvalue weighted by Crippen LogP contribution is 2.19. The molecule has 0 unspecified atom stereocenters. The Labute approximate surface area is 96.6 Å². The first-order valence-corrected chi connectivity index (χ1v) is 4.82. The van der Waals surface area contributed by atoms with Gasteiger partial charge in [-0.05, 0) is 19.1 Å². The van der Waals surface area contributed by atoms with Crippen LogP contribution in [0.25, 0.3) is 0 Å². The zero-order valence-corrected chi connectivity index (χ0v) is 9.07. The molecule has 6 heteroatoms. The predicted molar refractivity (Wildman–Crippen MR) is 56.1 cm³/mol. The van der Waals surface area contributed by atoms with E-state index in [9.17, 15) is 18.4 Å². The van der Waals surface area contributed by atoms with E-state index >= 15 is 0 Å². The summed E-state index contributed by atoms with van der Waals surface area (Å²) in [4.78, 5) is 22.2. The van der Waals surface area contributed by atoms with Crippen LogP contribution in [0, 0.1) is 0 Å². The normalized spacial score (nSPS) is 10.1. The lowest BCUT2D eigenvalue weighted by Gasteiger charge is -2.09. The minimum Gasteiger partial charge on any atom is -0.434 e. The lowest BCUT2D eigenvalue weighted by atomic mass is 10.2. The van der Waals surface area contributed by atoms with Gasteiger partial charge < -0.3 is 10.1 Å². The number of benzene rings is 1. The molecule has 17 heavy (non-hydrogen) atoms. The summed E-state index contributed by atoms with van der Waals surface area (Å²) >= 11 is 0. The average Bonchev–Trinajstić information content (AvgIpc) is 2.25. The molecule has 0 aliphatic carbocycles. The van der Waals surface area contributed by atoms with Gasteiger partial charge in [0, 0.05) is 0 Å². The summed E-state index contributed by atoms with van der Waals surface area (Å²) in [5, 5.41) is 2.30. The molecule has 0 atom stereocenters. The van der Waals surface area contributed by atoms with E-state index in [-0.39, 0.29) is 23.6 Å². The van der Waals surface area contributed by atoms with Crippen LogP contribution in [0.4, 0.5) is 8.78 Å². The molecular weight excluding hydrogens is 232 g/mol. The second-order valence-corrected chi connectivity index (χ2v) is 3.26. The van der Waals surface area contributed by atoms with E-state index in [1.807, 2.05) is 0 Å². The number of halogens is 2. The van der Waals surface area contributed by atoms with Crippen molar-refractivity contribution in [1.82, 2.24) is 5.32 Å². The Morgan fingerprint density at radius 3 is 2.59 bits per heavy atom. The van der Waals surface area contributed by atoms with Crippen molar-refractivity contribution < 1.29 is 23.1 Å². The van der Waals surface area contributed by atoms with Gasteiger partial charge in [-0.1, -0.05) is 12.1 Å². The largest absolute Gasteiger partial charge is 0.434 e. The molecule has 0 spiro atoms. The molecule has 0 bridgehead atoms. The van der Waals surface area contributed by atoms with Gasteiger partial charge in [0.25, 0.3) is 5.91 Å². The summed E-state index contributed by atoms with van der Waals surface area (Å²) in [7, 11) is 0. The van der Waals surface area contributed by atoms with Crippen LogP contribution in [0.3, 0.4) is 0 Å². The molecule has 1 aromatic rings. The molecule has 0 aliphatic heterocycles. The number of Topliss-reactive ketones (excluding diaryl/α,β-unsaturated/α-hetero) is 1. The quantitative estimate of drug-likeness (QED) is 0.854. The van der Waals surface area contributed by atoms with Crippen LogP contribution >= 0.6 is 0 Å². The van der Waals surface area contributed by atoms with Gasteiger partial charge in [-0.2, -0.15) is 8.78 Å². The van der Waals surface area contributed by atoms with Crippen molar-refractivity contribution in [3.8, 4) is 5.75 Å². The lowest BCUT2D eigenvalue weighted by molar-refractivity contribution is -0.116. The van der Waals surface area contributed by atoms with Gasteiger partial charge >= 0.3 is 6.61 Å². The highest BCUT2D eigenvalue weighted by Gasteiger charge is 2.14. The van der Waals surface area contributed by atoms with Crippen molar-refractivity contribution in [2.45, 2.75) is 13.5 Å². The lowest BCUT2D eigenvalue weighted by Crippen LogP contribution is -2.28. The standard InChI is InChI=1S/C11H11F2NO3/c1-7(15)6-14-10(16)8-4-2-3-5-9(8)17-11(12)13/h2-5,11H,6H2,1H3,(H,14,16). The third-order valence-electron chi connectivity index (χ3n) is 1.85. The Kier molecular flexibility index (Phi) is 4.56. The molecule has 0 fully saturated rings. The van der Waals surface area contributed by atoms with Crippen molar-refractivity contribution in [3.63, 3.8) is 0 Å². The van der Waals surface area contributed by atoms with Crippen molar-refractivity contribution in [1.29, 1.82) is 0 Å². The SMILES string of the molecule is CC(=O)CNC(=O)c1ccccc1OC(F)F. The van der Waals surface area contributed by atoms with Crippen molar-refractivity contribution in [2.75, 3.05) is 6.54 Å². The van der Waals surface area contributed by atoms with Crippen molar-refractivity contribution >= 4 is 11.7 Å². The summed E-state index contributed by atoms with van der Waals surface area (Å²) in [6.07, 6.45) is 0. The molecule has 92 valence electrons. The molecule has 4 nitrogen and oxygen atoms in total. The van der Waals surface area contributed by atoms with Crippen LogP contribution in [0.5, 0.6) is 5.75 Å². The number of ketones is 1. The zero-order valence-electron chi connectivity index (χ0n) is 9.07. The summed E-state index contributed by atoms with van der Waals surface area (Å²) in [6, 6.07) is 5.59. The van der Waals surface area contributed by atoms with Gasteiger partial charge in [0.1, 0.15) is 11.5 Å². The second-order valence-electron chi connectivity index (χ2n) is 3.26. The van der Waals surface area contributed by atoms with Gasteiger partial charge in [0.05, 0.1) is 12.1 Å². The fourth-order valence-electron chi connectivity index (χ4n) is 1.15. The van der Waals surface area contributed by atoms with Crippen molar-refractivity contribution in [3.05, 3.63) is 29.8 Å². The minimum atomic E-state index is -3.00. The molecule has 0 aliphatic rings. The monoisotopic (exact) mass is 243 g/mol. The number of alkyl halides is 2. The third-order valence-corrected chi connectivity index (χ3v) is 1.85. The Morgan fingerprint density at radius 1 is 1.35 bits per heavy atom. The number of hydrogen-bond acceptors (Lipinski definition) is 3. The Bertz CT molecular complexity index is 421. The van der Waals surface area contributed by atoms with E-state index in [0.29, 0.717) is 0 Å². The summed E-state index contributed by atoms with van der Waals surface area (Å²) in [5.74, 6) is -1.08. The highest BCUT2D eigenvalue weighted by molar-refractivity contribution is 5.98. The first-order valence-electron chi connectivity index (χ1n) is 4.82.